The lowest BCUT2D eigenvalue weighted by Crippen LogP contribution is -2.61. The zero-order valence-corrected chi connectivity index (χ0v) is 34.3. The Hall–Kier alpha value is -2.73. The highest BCUT2D eigenvalue weighted by molar-refractivity contribution is 6.67. The van der Waals surface area contributed by atoms with Crippen LogP contribution in [0.3, 0.4) is 0 Å². The van der Waals surface area contributed by atoms with Gasteiger partial charge in [-0.2, -0.15) is 0 Å². The normalized spacial score (nSPS) is 25.5. The summed E-state index contributed by atoms with van der Waals surface area (Å²) in [5.41, 5.74) is 8.06. The predicted molar refractivity (Wildman–Crippen MR) is 213 cm³/mol. The minimum absolute atomic E-state index is 0.0125. The summed E-state index contributed by atoms with van der Waals surface area (Å²) in [6.07, 6.45) is 0.966. The largest absolute Gasteiger partial charge is 0.363 e. The van der Waals surface area contributed by atoms with Gasteiger partial charge >= 0.3 is 0 Å². The van der Waals surface area contributed by atoms with E-state index in [1.807, 2.05) is 77.4 Å². The van der Waals surface area contributed by atoms with Gasteiger partial charge in [0.25, 0.3) is 11.8 Å². The monoisotopic (exact) mass is 796 g/mol. The van der Waals surface area contributed by atoms with Gasteiger partial charge in [-0.25, -0.2) is 0 Å². The van der Waals surface area contributed by atoms with Gasteiger partial charge in [-0.15, -0.1) is 23.2 Å². The molecule has 2 heterocycles. The molecule has 0 aliphatic carbocycles. The van der Waals surface area contributed by atoms with Crippen molar-refractivity contribution in [2.75, 3.05) is 37.9 Å². The molecule has 8 atom stereocenters. The summed E-state index contributed by atoms with van der Waals surface area (Å²) in [7, 11) is 0. The number of ether oxygens (including phenoxy) is 2. The number of hydrogen-bond acceptors (Lipinski definition) is 7. The molecule has 0 radical (unpaired) electrons. The van der Waals surface area contributed by atoms with Crippen molar-refractivity contribution in [3.63, 3.8) is 0 Å². The molecule has 2 aromatic rings. The van der Waals surface area contributed by atoms with E-state index < -0.39 is 11.3 Å². The Kier molecular flexibility index (Phi) is 21.6. The van der Waals surface area contributed by atoms with Gasteiger partial charge < -0.3 is 30.3 Å². The molecule has 10 nitrogen and oxygen atoms in total. The van der Waals surface area contributed by atoms with E-state index in [4.69, 9.17) is 50.0 Å². The molecule has 8 unspecified atom stereocenters. The zero-order valence-electron chi connectivity index (χ0n) is 32.0. The summed E-state index contributed by atoms with van der Waals surface area (Å²) in [6, 6.07) is 20.0. The Labute approximate surface area is 331 Å². The molecule has 13 heteroatoms. The molecule has 0 saturated carbocycles. The molecule has 2 fully saturated rings. The topological polar surface area (TPSA) is 131 Å². The fraction of sp³-hybridized carbons (Fsp3) is 0.600. The average molecular weight is 798 g/mol. The van der Waals surface area contributed by atoms with Crippen LogP contribution < -0.4 is 11.1 Å². The maximum Gasteiger partial charge on any atom is 0.252 e. The number of nitrogens with zero attached hydrogens (tertiary/aromatic N) is 2. The van der Waals surface area contributed by atoms with Gasteiger partial charge in [0.05, 0.1) is 25.1 Å². The van der Waals surface area contributed by atoms with Crippen molar-refractivity contribution < 1.29 is 28.7 Å². The first-order chi connectivity index (χ1) is 25.4. The standard InChI is InChI=1S/C20H29ClN2O3.C18H28N2O2.C2H2Cl2O/c1-4-10-23-17(12-22-18(24)11-21)14(2)15(3)19(20(23)25)26-13-16-8-6-5-7-9-16;1-4-10-20-16(11-19)13(2)14(3)17(18(20)21)22-12-15-8-6-5-7-9-15;3-1-2(4)5/h5-9,14-15,17,19H,4,10-13H2,1-3H3,(H,22,24);5-9,13-14,16-17H,4,10-12,19H2,1-3H3;1H2. The van der Waals surface area contributed by atoms with Gasteiger partial charge in [0.15, 0.2) is 0 Å². The Bertz CT molecular complexity index is 1390. The quantitative estimate of drug-likeness (QED) is 0.161. The van der Waals surface area contributed by atoms with Crippen molar-refractivity contribution >= 4 is 57.8 Å². The van der Waals surface area contributed by atoms with Crippen molar-refractivity contribution in [2.24, 2.45) is 29.4 Å². The van der Waals surface area contributed by atoms with Crippen molar-refractivity contribution in [3.05, 3.63) is 71.8 Å². The number of piperidine rings is 2. The molecule has 3 amide bonds. The number of halogens is 3. The van der Waals surface area contributed by atoms with E-state index >= 15 is 0 Å². The van der Waals surface area contributed by atoms with Gasteiger partial charge in [0.2, 0.25) is 11.1 Å². The van der Waals surface area contributed by atoms with Crippen molar-refractivity contribution in [1.82, 2.24) is 15.1 Å². The van der Waals surface area contributed by atoms with Gasteiger partial charge in [0.1, 0.15) is 18.1 Å². The summed E-state index contributed by atoms with van der Waals surface area (Å²) < 4.78 is 12.0. The minimum atomic E-state index is -0.508. The van der Waals surface area contributed by atoms with Gasteiger partial charge in [0, 0.05) is 32.2 Å². The summed E-state index contributed by atoms with van der Waals surface area (Å²) in [5, 5.41) is 2.32. The molecule has 0 bridgehead atoms. The van der Waals surface area contributed by atoms with E-state index in [2.05, 4.69) is 39.9 Å². The van der Waals surface area contributed by atoms with Crippen molar-refractivity contribution in [1.29, 1.82) is 0 Å². The molecule has 2 saturated heterocycles. The van der Waals surface area contributed by atoms with Crippen LogP contribution >= 0.6 is 34.8 Å². The van der Waals surface area contributed by atoms with Crippen LogP contribution in [0.15, 0.2) is 60.7 Å². The first-order valence-corrected chi connectivity index (χ1v) is 20.0. The SMILES string of the molecule is CCCN1C(=O)C(OCc2ccccc2)C(C)C(C)C1CN.CCCN1C(=O)C(OCc2ccccc2)C(C)C(C)C1CNC(=O)CCl.O=C(Cl)CCl. The lowest BCUT2D eigenvalue weighted by atomic mass is 9.79. The van der Waals surface area contributed by atoms with Crippen LogP contribution in [-0.2, 0) is 41.9 Å². The van der Waals surface area contributed by atoms with Crippen LogP contribution in [0.25, 0.3) is 0 Å². The second-order valence-electron chi connectivity index (χ2n) is 13.7. The molecule has 2 aromatic carbocycles. The Morgan fingerprint density at radius 3 is 1.45 bits per heavy atom. The summed E-state index contributed by atoms with van der Waals surface area (Å²) in [4.78, 5) is 50.7. The number of nitrogens with one attached hydrogen (secondary N) is 1. The molecular formula is C40H59Cl3N4O6. The number of likely N-dealkylation sites (tertiary alicyclic amines) is 2. The van der Waals surface area contributed by atoms with E-state index in [1.54, 1.807) is 0 Å². The number of carbonyl (C=O) groups excluding carboxylic acids is 4. The first-order valence-electron chi connectivity index (χ1n) is 18.5. The van der Waals surface area contributed by atoms with Crippen LogP contribution in [0.2, 0.25) is 0 Å². The molecule has 3 N–H and O–H groups in total. The van der Waals surface area contributed by atoms with Crippen LogP contribution in [0.5, 0.6) is 0 Å². The third kappa shape index (κ3) is 14.1. The molecule has 2 aliphatic rings. The highest BCUT2D eigenvalue weighted by atomic mass is 35.5. The van der Waals surface area contributed by atoms with E-state index in [0.29, 0.717) is 38.8 Å². The maximum atomic E-state index is 13.1. The third-order valence-corrected chi connectivity index (χ3v) is 10.9. The van der Waals surface area contributed by atoms with E-state index in [9.17, 15) is 19.2 Å². The number of carbonyl (C=O) groups is 4. The van der Waals surface area contributed by atoms with Crippen LogP contribution in [0.1, 0.15) is 65.5 Å². The third-order valence-electron chi connectivity index (χ3n) is 10.1. The first kappa shape index (κ1) is 46.4. The number of amides is 3. The van der Waals surface area contributed by atoms with E-state index in [-0.39, 0.29) is 65.4 Å². The number of rotatable bonds is 15. The van der Waals surface area contributed by atoms with Crippen LogP contribution in [-0.4, -0.2) is 95.0 Å². The predicted octanol–water partition coefficient (Wildman–Crippen LogP) is 6.23. The van der Waals surface area contributed by atoms with Crippen molar-refractivity contribution in [2.45, 2.75) is 91.9 Å². The zero-order chi connectivity index (χ0) is 39.5. The molecule has 0 aromatic heterocycles. The fourth-order valence-corrected chi connectivity index (χ4v) is 6.92. The molecule has 296 valence electrons. The number of nitrogens with two attached hydrogens (primary N) is 1. The number of alkyl halides is 2. The Morgan fingerprint density at radius 1 is 0.698 bits per heavy atom. The number of hydrogen-bond donors (Lipinski definition) is 2. The van der Waals surface area contributed by atoms with Crippen LogP contribution in [0.4, 0.5) is 0 Å². The summed E-state index contributed by atoms with van der Waals surface area (Å²) in [6.45, 7) is 15.8. The highest BCUT2D eigenvalue weighted by Crippen LogP contribution is 2.33. The van der Waals surface area contributed by atoms with E-state index in [1.165, 1.54) is 0 Å². The number of benzene rings is 2. The lowest BCUT2D eigenvalue weighted by Gasteiger charge is -2.46. The average Bonchev–Trinajstić information content (AvgIpc) is 3.17. The summed E-state index contributed by atoms with van der Waals surface area (Å²) in [5.74, 6) is 0.527. The smallest absolute Gasteiger partial charge is 0.252 e. The Balaban J connectivity index is 0.000000329. The maximum absolute atomic E-state index is 13.1. The molecular weight excluding hydrogens is 739 g/mol. The molecule has 2 aliphatic heterocycles. The van der Waals surface area contributed by atoms with Crippen molar-refractivity contribution in [3.8, 4) is 0 Å². The van der Waals surface area contributed by atoms with Gasteiger partial charge in [-0.05, 0) is 59.2 Å². The molecule has 4 rings (SSSR count). The summed E-state index contributed by atoms with van der Waals surface area (Å²) >= 11 is 15.1. The fourth-order valence-electron chi connectivity index (χ4n) is 6.83. The van der Waals surface area contributed by atoms with Crippen LogP contribution in [0, 0.1) is 23.7 Å². The lowest BCUT2D eigenvalue weighted by molar-refractivity contribution is -0.164. The molecule has 0 spiro atoms. The second-order valence-corrected chi connectivity index (χ2v) is 14.7. The minimum Gasteiger partial charge on any atom is -0.363 e. The van der Waals surface area contributed by atoms with E-state index in [0.717, 1.165) is 30.5 Å². The highest BCUT2D eigenvalue weighted by Gasteiger charge is 2.45. The van der Waals surface area contributed by atoms with Gasteiger partial charge in [-0.3, -0.25) is 19.2 Å². The molecule has 53 heavy (non-hydrogen) atoms. The second kappa shape index (κ2) is 24.6. The Morgan fingerprint density at radius 2 is 1.09 bits per heavy atom. The van der Waals surface area contributed by atoms with Gasteiger partial charge in [-0.1, -0.05) is 102 Å².